The van der Waals surface area contributed by atoms with Crippen LogP contribution >= 0.6 is 11.8 Å². The highest BCUT2D eigenvalue weighted by molar-refractivity contribution is 7.98. The highest BCUT2D eigenvalue weighted by Gasteiger charge is 2.28. The van der Waals surface area contributed by atoms with Gasteiger partial charge in [-0.25, -0.2) is 4.79 Å². The molecule has 0 aliphatic rings. The van der Waals surface area contributed by atoms with Crippen molar-refractivity contribution in [1.82, 2.24) is 31.9 Å². The number of amides is 6. The normalized spacial score (nSPS) is 12.1. The number of carbonyl (C=O) groups excluding carboxylic acids is 6. The number of nitrogens with one attached hydrogen (secondary N) is 6. The van der Waals surface area contributed by atoms with Crippen molar-refractivity contribution in [3.63, 3.8) is 0 Å². The van der Waals surface area contributed by atoms with Gasteiger partial charge in [0.25, 0.3) is 11.6 Å². The Morgan fingerprint density at radius 1 is 0.776 bits per heavy atom. The van der Waals surface area contributed by atoms with E-state index in [0.717, 1.165) is 5.56 Å². The molecule has 4 aromatic carbocycles. The van der Waals surface area contributed by atoms with Gasteiger partial charge in [0.2, 0.25) is 30.0 Å². The van der Waals surface area contributed by atoms with E-state index < -0.39 is 71.6 Å². The maximum absolute atomic E-state index is 13.6. The molecule has 356 valence electrons. The molecule has 0 fully saturated rings. The summed E-state index contributed by atoms with van der Waals surface area (Å²) in [5, 5.41) is 47.0. The van der Waals surface area contributed by atoms with Crippen molar-refractivity contribution in [3.8, 4) is 5.75 Å². The number of hydrogen-bond acceptors (Lipinski definition) is 12. The summed E-state index contributed by atoms with van der Waals surface area (Å²) in [6, 6.07) is 22.3. The average Bonchev–Trinajstić information content (AvgIpc) is 3.30. The fourth-order valence-corrected chi connectivity index (χ4v) is 6.91. The fourth-order valence-electron chi connectivity index (χ4n) is 6.44. The lowest BCUT2D eigenvalue weighted by Gasteiger charge is -2.22. The quantitative estimate of drug-likeness (QED) is 0.0270. The zero-order chi connectivity index (χ0) is 48.2. The van der Waals surface area contributed by atoms with Crippen LogP contribution in [0.25, 0.3) is 5.70 Å². The number of rotatable bonds is 25. The molecular weight excluding hydrogens is 885 g/mol. The molecule has 0 aliphatic heterocycles. The van der Waals surface area contributed by atoms with E-state index in [1.54, 1.807) is 72.8 Å². The van der Waals surface area contributed by atoms with Crippen molar-refractivity contribution >= 4 is 70.7 Å². The molecule has 0 saturated heterocycles. The van der Waals surface area contributed by atoms with Crippen LogP contribution in [0.3, 0.4) is 0 Å². The zero-order valence-electron chi connectivity index (χ0n) is 36.4. The van der Waals surface area contributed by atoms with Crippen molar-refractivity contribution in [1.29, 1.82) is 0 Å². The molecule has 4 aromatic rings. The molecule has 3 unspecified atom stereocenters. The minimum atomic E-state index is -1.22. The second-order valence-corrected chi connectivity index (χ2v) is 16.0. The minimum Gasteiger partial charge on any atom is -0.506 e. The molecule has 6 amide bonds. The summed E-state index contributed by atoms with van der Waals surface area (Å²) in [6.07, 6.45) is 4.06. The summed E-state index contributed by atoms with van der Waals surface area (Å²) in [6.45, 7) is 0.842. The van der Waals surface area contributed by atoms with Crippen molar-refractivity contribution < 1.29 is 48.7 Å². The predicted octanol–water partition coefficient (Wildman–Crippen LogP) is 3.09. The predicted molar refractivity (Wildman–Crippen MR) is 255 cm³/mol. The molecule has 4 rings (SSSR count). The number of non-ortho nitro benzene ring substituents is 1. The van der Waals surface area contributed by atoms with Crippen molar-refractivity contribution in [3.05, 3.63) is 141 Å². The van der Waals surface area contributed by atoms with Gasteiger partial charge in [0, 0.05) is 55.4 Å². The standard InChI is InChI=1S/C46H52N8O11S.CH4/c1-29-12-14-31(15-13-29)23-37(52-43(59)33-16-17-39(40(56)25-33)53(2)20-18-35(49-28-55)32-10-7-11-34(24-32)54(64)65)44(60)48-26-41(57)47-27-42(58)50-38(22-30-8-5-4-6-9-30)45(61)51-36(46(62)63)19-21-66-3;/h4-18,24-25,28,36-38,56H,19-23,26-27H2,1-3H3,(H,47,57)(H,48,60)(H,49,55)(H,50,58)(H,51,61)(H,52,59)(H,62,63);1H4/b35-18-;. The number of carbonyl (C=O) groups is 7. The number of anilines is 1. The topological polar surface area (TPSA) is 279 Å². The molecule has 0 aromatic heterocycles. The van der Waals surface area contributed by atoms with E-state index in [9.17, 15) is 53.9 Å². The van der Waals surface area contributed by atoms with Gasteiger partial charge in [-0.05, 0) is 60.8 Å². The first-order chi connectivity index (χ1) is 31.6. The Kier molecular flexibility index (Phi) is 21.5. The van der Waals surface area contributed by atoms with Gasteiger partial charge in [0.05, 0.1) is 23.7 Å². The van der Waals surface area contributed by atoms with Crippen LogP contribution in [0.5, 0.6) is 5.75 Å². The maximum Gasteiger partial charge on any atom is 0.326 e. The molecule has 3 atom stereocenters. The molecule has 67 heavy (non-hydrogen) atoms. The van der Waals surface area contributed by atoms with Gasteiger partial charge in [-0.2, -0.15) is 11.8 Å². The third kappa shape index (κ3) is 17.3. The Labute approximate surface area is 392 Å². The second kappa shape index (κ2) is 26.9. The van der Waals surface area contributed by atoms with Crippen LogP contribution < -0.4 is 36.8 Å². The average molecular weight is 941 g/mol. The lowest BCUT2D eigenvalue weighted by molar-refractivity contribution is -0.384. The summed E-state index contributed by atoms with van der Waals surface area (Å²) >= 11 is 1.42. The SMILES string of the molecule is C.CSCCC(NC(=O)C(Cc1ccccc1)NC(=O)CNC(=O)CNC(=O)C(Cc1ccc(C)cc1)NC(=O)c1ccc(N(C)C/C=C(\NC=O)c2cccc([N+](=O)[O-])c2)c(O)c1)C(=O)O. The Hall–Kier alpha value is -7.74. The summed E-state index contributed by atoms with van der Waals surface area (Å²) in [7, 11) is 1.64. The molecule has 19 nitrogen and oxygen atoms in total. The largest absolute Gasteiger partial charge is 0.506 e. The Balaban J connectivity index is 0.0000119. The Morgan fingerprint density at radius 3 is 2.06 bits per heavy atom. The number of aliphatic carboxylic acids is 1. The van der Waals surface area contributed by atoms with E-state index in [4.69, 9.17) is 0 Å². The molecule has 0 saturated carbocycles. The molecular formula is C47H56N8O11S. The number of carboxylic acids is 1. The van der Waals surface area contributed by atoms with Gasteiger partial charge in [0.1, 0.15) is 23.9 Å². The number of carboxylic acid groups (broad SMARTS) is 1. The van der Waals surface area contributed by atoms with Gasteiger partial charge >= 0.3 is 5.97 Å². The van der Waals surface area contributed by atoms with Crippen LogP contribution in [-0.2, 0) is 41.6 Å². The van der Waals surface area contributed by atoms with Gasteiger partial charge in [-0.3, -0.25) is 38.9 Å². The number of phenolic OH excluding ortho intramolecular Hbond substituents is 1. The molecule has 0 bridgehead atoms. The number of aryl methyl sites for hydroxylation is 1. The summed E-state index contributed by atoms with van der Waals surface area (Å²) in [5.74, 6) is -4.70. The molecule has 0 aliphatic carbocycles. The van der Waals surface area contributed by atoms with Gasteiger partial charge in [0.15, 0.2) is 0 Å². The number of nitro benzene ring substituents is 1. The van der Waals surface area contributed by atoms with Crippen LogP contribution in [0, 0.1) is 17.0 Å². The van der Waals surface area contributed by atoms with Crippen LogP contribution in [0.1, 0.15) is 46.5 Å². The van der Waals surface area contributed by atoms with E-state index in [1.807, 2.05) is 19.1 Å². The minimum absolute atomic E-state index is 0. The first-order valence-electron chi connectivity index (χ1n) is 20.5. The number of phenols is 1. The summed E-state index contributed by atoms with van der Waals surface area (Å²) in [5.41, 5.74) is 3.15. The van der Waals surface area contributed by atoms with Crippen LogP contribution in [0.4, 0.5) is 11.4 Å². The lowest BCUT2D eigenvalue weighted by atomic mass is 10.0. The first-order valence-corrected chi connectivity index (χ1v) is 21.9. The highest BCUT2D eigenvalue weighted by atomic mass is 32.2. The number of nitrogens with zero attached hydrogens (tertiary/aromatic N) is 2. The maximum atomic E-state index is 13.6. The van der Waals surface area contributed by atoms with E-state index in [2.05, 4.69) is 31.9 Å². The van der Waals surface area contributed by atoms with Crippen LogP contribution in [0.2, 0.25) is 0 Å². The molecule has 0 radical (unpaired) electrons. The Bertz CT molecular complexity index is 2400. The number of nitro groups is 1. The number of hydrogen-bond donors (Lipinski definition) is 8. The van der Waals surface area contributed by atoms with Crippen molar-refractivity contribution in [2.24, 2.45) is 0 Å². The zero-order valence-corrected chi connectivity index (χ0v) is 37.3. The van der Waals surface area contributed by atoms with Crippen molar-refractivity contribution in [2.75, 3.05) is 43.6 Å². The third-order valence-corrected chi connectivity index (χ3v) is 10.7. The fraction of sp³-hybridized carbons (Fsp3) is 0.298. The van der Waals surface area contributed by atoms with E-state index in [0.29, 0.717) is 34.5 Å². The van der Waals surface area contributed by atoms with Crippen molar-refractivity contribution in [2.45, 2.75) is 51.7 Å². The van der Waals surface area contributed by atoms with Crippen LogP contribution in [-0.4, -0.2) is 114 Å². The number of likely N-dealkylation sites (N-methyl/N-ethyl adjacent to an activating group) is 1. The number of benzene rings is 4. The lowest BCUT2D eigenvalue weighted by Crippen LogP contribution is -2.54. The molecule has 0 spiro atoms. The van der Waals surface area contributed by atoms with Gasteiger partial charge in [-0.1, -0.05) is 79.7 Å². The molecule has 20 heteroatoms. The second-order valence-electron chi connectivity index (χ2n) is 15.0. The monoisotopic (exact) mass is 940 g/mol. The number of thioether (sulfide) groups is 1. The van der Waals surface area contributed by atoms with E-state index >= 15 is 0 Å². The first kappa shape index (κ1) is 53.6. The number of aromatic hydroxyl groups is 1. The summed E-state index contributed by atoms with van der Waals surface area (Å²) < 4.78 is 0. The Morgan fingerprint density at radius 2 is 1.43 bits per heavy atom. The molecule has 0 heterocycles. The third-order valence-electron chi connectivity index (χ3n) is 10.0. The van der Waals surface area contributed by atoms with Gasteiger partial charge in [-0.15, -0.1) is 0 Å². The van der Waals surface area contributed by atoms with Crippen LogP contribution in [0.15, 0.2) is 103 Å². The van der Waals surface area contributed by atoms with Gasteiger partial charge < -0.3 is 47.0 Å². The molecule has 8 N–H and O–H groups in total. The smallest absolute Gasteiger partial charge is 0.326 e. The van der Waals surface area contributed by atoms with E-state index in [1.165, 1.54) is 48.2 Å². The highest BCUT2D eigenvalue weighted by Crippen LogP contribution is 2.28. The van der Waals surface area contributed by atoms with E-state index in [-0.39, 0.29) is 55.9 Å². The summed E-state index contributed by atoms with van der Waals surface area (Å²) in [4.78, 5) is 102.